The van der Waals surface area contributed by atoms with E-state index in [1.165, 1.54) is 5.56 Å². The van der Waals surface area contributed by atoms with Gasteiger partial charge >= 0.3 is 0 Å². The minimum absolute atomic E-state index is 0. The Labute approximate surface area is 197 Å². The number of amides is 1. The number of carbonyl (C=O) groups is 1. The number of rotatable bonds is 5. The van der Waals surface area contributed by atoms with Crippen LogP contribution in [0.2, 0.25) is 0 Å². The summed E-state index contributed by atoms with van der Waals surface area (Å²) in [7, 11) is 5.81. The van der Waals surface area contributed by atoms with E-state index in [1.54, 1.807) is 0 Å². The first-order valence-corrected chi connectivity index (χ1v) is 10.6. The second-order valence-electron chi connectivity index (χ2n) is 8.05. The number of piperazine rings is 1. The normalized spacial score (nSPS) is 18.7. The van der Waals surface area contributed by atoms with Crippen LogP contribution in [0.25, 0.3) is 0 Å². The van der Waals surface area contributed by atoms with E-state index in [0.717, 1.165) is 63.9 Å². The summed E-state index contributed by atoms with van der Waals surface area (Å²) in [5.74, 6) is 2.14. The number of guanidine groups is 1. The Morgan fingerprint density at radius 3 is 2.43 bits per heavy atom. The van der Waals surface area contributed by atoms with Gasteiger partial charge < -0.3 is 20.0 Å². The second kappa shape index (κ2) is 11.7. The lowest BCUT2D eigenvalue weighted by atomic mass is 10.2. The quantitative estimate of drug-likeness (QED) is 0.354. The highest BCUT2D eigenvalue weighted by Gasteiger charge is 2.30. The molecule has 0 spiro atoms. The fourth-order valence-corrected chi connectivity index (χ4v) is 4.01. The number of pyridine rings is 1. The summed E-state index contributed by atoms with van der Waals surface area (Å²) in [5, 5.41) is 3.47. The molecule has 2 aliphatic heterocycles. The average molecular weight is 529 g/mol. The number of aliphatic imine (C=N–C) groups is 1. The summed E-state index contributed by atoms with van der Waals surface area (Å²) >= 11 is 0. The summed E-state index contributed by atoms with van der Waals surface area (Å²) in [4.78, 5) is 30.1. The van der Waals surface area contributed by atoms with E-state index in [2.05, 4.69) is 38.1 Å². The minimum Gasteiger partial charge on any atom is -0.363 e. The zero-order chi connectivity index (χ0) is 20.8. The van der Waals surface area contributed by atoms with Crippen molar-refractivity contribution in [3.63, 3.8) is 0 Å². The summed E-state index contributed by atoms with van der Waals surface area (Å²) < 4.78 is 0. The van der Waals surface area contributed by atoms with Gasteiger partial charge in [0.05, 0.1) is 6.04 Å². The molecule has 0 saturated carbocycles. The largest absolute Gasteiger partial charge is 0.363 e. The lowest BCUT2D eigenvalue weighted by Gasteiger charge is -2.39. The SMILES string of the molecule is CN=C(NCc1ccnc(N(C)C)c1)N1CCN(C(C)C(=O)N2CCCC2)CC1.I. The Morgan fingerprint density at radius 1 is 1.17 bits per heavy atom. The number of halogens is 1. The number of anilines is 1. The van der Waals surface area contributed by atoms with Crippen LogP contribution in [0.3, 0.4) is 0 Å². The Balaban J connectivity index is 0.00000320. The van der Waals surface area contributed by atoms with Gasteiger partial charge in [0.15, 0.2) is 5.96 Å². The van der Waals surface area contributed by atoms with Crippen molar-refractivity contribution in [1.82, 2.24) is 25.0 Å². The van der Waals surface area contributed by atoms with Gasteiger partial charge in [-0.1, -0.05) is 0 Å². The molecule has 30 heavy (non-hydrogen) atoms. The van der Waals surface area contributed by atoms with E-state index in [9.17, 15) is 4.79 Å². The molecule has 1 atom stereocenters. The van der Waals surface area contributed by atoms with Crippen LogP contribution in [-0.2, 0) is 11.3 Å². The molecule has 168 valence electrons. The average Bonchev–Trinajstić information content (AvgIpc) is 3.28. The summed E-state index contributed by atoms with van der Waals surface area (Å²) in [6.07, 6.45) is 4.12. The molecule has 0 bridgehead atoms. The Bertz CT molecular complexity index is 713. The number of nitrogens with zero attached hydrogens (tertiary/aromatic N) is 6. The van der Waals surface area contributed by atoms with Crippen molar-refractivity contribution in [2.45, 2.75) is 32.4 Å². The van der Waals surface area contributed by atoms with E-state index >= 15 is 0 Å². The number of hydrogen-bond donors (Lipinski definition) is 1. The highest BCUT2D eigenvalue weighted by molar-refractivity contribution is 14.0. The van der Waals surface area contributed by atoms with Crippen LogP contribution < -0.4 is 10.2 Å². The van der Waals surface area contributed by atoms with Gasteiger partial charge in [-0.25, -0.2) is 4.98 Å². The van der Waals surface area contributed by atoms with Crippen LogP contribution in [0.15, 0.2) is 23.3 Å². The zero-order valence-corrected chi connectivity index (χ0v) is 21.0. The molecular weight excluding hydrogens is 493 g/mol. The van der Waals surface area contributed by atoms with Crippen molar-refractivity contribution >= 4 is 41.7 Å². The molecule has 8 nitrogen and oxygen atoms in total. The summed E-state index contributed by atoms with van der Waals surface area (Å²) in [5.41, 5.74) is 1.17. The van der Waals surface area contributed by atoms with Gasteiger partial charge in [0, 0.05) is 73.2 Å². The highest BCUT2D eigenvalue weighted by atomic mass is 127. The monoisotopic (exact) mass is 529 g/mol. The van der Waals surface area contributed by atoms with Crippen molar-refractivity contribution < 1.29 is 4.79 Å². The van der Waals surface area contributed by atoms with E-state index in [-0.39, 0.29) is 35.9 Å². The van der Waals surface area contributed by atoms with Gasteiger partial charge in [-0.3, -0.25) is 14.7 Å². The second-order valence-corrected chi connectivity index (χ2v) is 8.05. The van der Waals surface area contributed by atoms with Crippen LogP contribution in [0.4, 0.5) is 5.82 Å². The molecule has 1 aromatic rings. The van der Waals surface area contributed by atoms with Crippen LogP contribution >= 0.6 is 24.0 Å². The first kappa shape index (κ1) is 24.6. The lowest BCUT2D eigenvalue weighted by Crippen LogP contribution is -2.57. The van der Waals surface area contributed by atoms with E-state index in [1.807, 2.05) is 43.2 Å². The van der Waals surface area contributed by atoms with Crippen molar-refractivity contribution in [2.24, 2.45) is 4.99 Å². The molecule has 3 heterocycles. The van der Waals surface area contributed by atoms with Crippen molar-refractivity contribution in [3.8, 4) is 0 Å². The maximum atomic E-state index is 12.7. The van der Waals surface area contributed by atoms with Gasteiger partial charge in [0.1, 0.15) is 5.82 Å². The fraction of sp³-hybridized carbons (Fsp3) is 0.667. The molecule has 2 fully saturated rings. The first-order chi connectivity index (χ1) is 14.0. The molecule has 9 heteroatoms. The number of likely N-dealkylation sites (tertiary alicyclic amines) is 1. The van der Waals surface area contributed by atoms with Crippen LogP contribution in [0, 0.1) is 0 Å². The molecule has 1 aromatic heterocycles. The maximum absolute atomic E-state index is 12.7. The predicted octanol–water partition coefficient (Wildman–Crippen LogP) is 1.47. The molecule has 2 aliphatic rings. The van der Waals surface area contributed by atoms with E-state index in [4.69, 9.17) is 0 Å². The molecule has 0 radical (unpaired) electrons. The van der Waals surface area contributed by atoms with Crippen molar-refractivity contribution in [3.05, 3.63) is 23.9 Å². The Kier molecular flexibility index (Phi) is 9.60. The van der Waals surface area contributed by atoms with Crippen molar-refractivity contribution in [2.75, 3.05) is 65.3 Å². The molecular formula is C21H36IN7O. The predicted molar refractivity (Wildman–Crippen MR) is 133 cm³/mol. The highest BCUT2D eigenvalue weighted by Crippen LogP contribution is 2.14. The lowest BCUT2D eigenvalue weighted by molar-refractivity contribution is -0.135. The van der Waals surface area contributed by atoms with E-state index in [0.29, 0.717) is 6.54 Å². The van der Waals surface area contributed by atoms with Gasteiger partial charge in [-0.15, -0.1) is 24.0 Å². The molecule has 0 aliphatic carbocycles. The Morgan fingerprint density at radius 2 is 1.83 bits per heavy atom. The third kappa shape index (κ3) is 6.19. The van der Waals surface area contributed by atoms with Gasteiger partial charge in [-0.05, 0) is 37.5 Å². The van der Waals surface area contributed by atoms with Crippen LogP contribution in [0.5, 0.6) is 0 Å². The molecule has 1 amide bonds. The summed E-state index contributed by atoms with van der Waals surface area (Å²) in [6, 6.07) is 4.08. The minimum atomic E-state index is -0.0357. The third-order valence-electron chi connectivity index (χ3n) is 5.87. The standard InChI is InChI=1S/C21H35N7O.HI/c1-17(20(29)27-9-5-6-10-27)26-11-13-28(14-12-26)21(22-2)24-16-18-7-8-23-19(15-18)25(3)4;/h7-8,15,17H,5-6,9-14,16H2,1-4H3,(H,22,24);1H. The number of hydrogen-bond acceptors (Lipinski definition) is 5. The van der Waals surface area contributed by atoms with Crippen LogP contribution in [0.1, 0.15) is 25.3 Å². The molecule has 1 unspecified atom stereocenters. The first-order valence-electron chi connectivity index (χ1n) is 10.6. The number of nitrogens with one attached hydrogen (secondary N) is 1. The smallest absolute Gasteiger partial charge is 0.239 e. The zero-order valence-electron chi connectivity index (χ0n) is 18.7. The molecule has 0 aromatic carbocycles. The third-order valence-corrected chi connectivity index (χ3v) is 5.87. The van der Waals surface area contributed by atoms with Gasteiger partial charge in [-0.2, -0.15) is 0 Å². The fourth-order valence-electron chi connectivity index (χ4n) is 4.01. The van der Waals surface area contributed by atoms with Gasteiger partial charge in [0.2, 0.25) is 5.91 Å². The Hall–Kier alpha value is -1.62. The number of aromatic nitrogens is 1. The topological polar surface area (TPSA) is 67.3 Å². The van der Waals surface area contributed by atoms with Crippen LogP contribution in [-0.4, -0.2) is 98.0 Å². The molecule has 2 saturated heterocycles. The maximum Gasteiger partial charge on any atom is 0.239 e. The number of carbonyl (C=O) groups excluding carboxylic acids is 1. The summed E-state index contributed by atoms with van der Waals surface area (Å²) in [6.45, 7) is 8.10. The molecule has 1 N–H and O–H groups in total. The van der Waals surface area contributed by atoms with Crippen molar-refractivity contribution in [1.29, 1.82) is 0 Å². The molecule has 3 rings (SSSR count). The van der Waals surface area contributed by atoms with E-state index < -0.39 is 0 Å². The van der Waals surface area contributed by atoms with Gasteiger partial charge in [0.25, 0.3) is 0 Å².